The molecule has 164 valence electrons. The van der Waals surface area contributed by atoms with Gasteiger partial charge in [0.05, 0.1) is 4.90 Å². The van der Waals surface area contributed by atoms with Gasteiger partial charge in [0.2, 0.25) is 16.8 Å². The van der Waals surface area contributed by atoms with E-state index in [1.165, 1.54) is 4.31 Å². The van der Waals surface area contributed by atoms with Crippen molar-refractivity contribution in [2.24, 2.45) is 0 Å². The van der Waals surface area contributed by atoms with E-state index in [-0.39, 0.29) is 12.7 Å². The van der Waals surface area contributed by atoms with Crippen LogP contribution in [0.2, 0.25) is 0 Å². The van der Waals surface area contributed by atoms with Crippen LogP contribution in [0.25, 0.3) is 11.1 Å². The molecule has 1 fully saturated rings. The Kier molecular flexibility index (Phi) is 5.32. The number of carbonyl (C=O) groups is 1. The minimum absolute atomic E-state index is 0.180. The summed E-state index contributed by atoms with van der Waals surface area (Å²) in [4.78, 5) is 12.9. The molecule has 2 aliphatic heterocycles. The van der Waals surface area contributed by atoms with Gasteiger partial charge in [0.15, 0.2) is 11.5 Å². The van der Waals surface area contributed by atoms with Crippen LogP contribution in [0.3, 0.4) is 0 Å². The largest absolute Gasteiger partial charge is 0.454 e. The number of fused-ring (bicyclic) bond motifs is 1. The van der Waals surface area contributed by atoms with Gasteiger partial charge in [-0.2, -0.15) is 4.31 Å². The lowest BCUT2D eigenvalue weighted by molar-refractivity contribution is 0.102. The molecule has 0 bridgehead atoms. The summed E-state index contributed by atoms with van der Waals surface area (Å²) in [5.74, 6) is 1.03. The number of nitrogens with one attached hydrogen (secondary N) is 1. The van der Waals surface area contributed by atoms with Crippen molar-refractivity contribution in [2.45, 2.75) is 17.7 Å². The zero-order chi connectivity index (χ0) is 22.1. The Morgan fingerprint density at radius 2 is 1.44 bits per heavy atom. The predicted molar refractivity (Wildman–Crippen MR) is 120 cm³/mol. The van der Waals surface area contributed by atoms with Crippen molar-refractivity contribution >= 4 is 21.6 Å². The second-order valence-electron chi connectivity index (χ2n) is 7.74. The van der Waals surface area contributed by atoms with E-state index in [1.807, 2.05) is 12.1 Å². The third-order valence-corrected chi connectivity index (χ3v) is 7.58. The van der Waals surface area contributed by atoms with Gasteiger partial charge in [-0.25, -0.2) is 8.42 Å². The Hall–Kier alpha value is -3.36. The number of rotatable bonds is 5. The molecule has 8 heteroatoms. The van der Waals surface area contributed by atoms with Gasteiger partial charge in [0.1, 0.15) is 0 Å². The summed E-state index contributed by atoms with van der Waals surface area (Å²) in [5.41, 5.74) is 2.92. The highest BCUT2D eigenvalue weighted by Crippen LogP contribution is 2.34. The molecule has 3 aromatic carbocycles. The maximum Gasteiger partial charge on any atom is 0.255 e. The maximum atomic E-state index is 12.7. The van der Waals surface area contributed by atoms with Crippen LogP contribution in [0.1, 0.15) is 23.2 Å². The Bertz CT molecular complexity index is 1250. The van der Waals surface area contributed by atoms with Crippen LogP contribution < -0.4 is 14.8 Å². The molecule has 32 heavy (non-hydrogen) atoms. The van der Waals surface area contributed by atoms with Crippen molar-refractivity contribution < 1.29 is 22.7 Å². The Morgan fingerprint density at radius 3 is 2.12 bits per heavy atom. The first-order chi connectivity index (χ1) is 15.5. The summed E-state index contributed by atoms with van der Waals surface area (Å²) in [7, 11) is -3.43. The normalized spacial score (nSPS) is 15.6. The lowest BCUT2D eigenvalue weighted by Gasteiger charge is -2.15. The summed E-state index contributed by atoms with van der Waals surface area (Å²) in [6.07, 6.45) is 1.82. The second-order valence-corrected chi connectivity index (χ2v) is 9.67. The van der Waals surface area contributed by atoms with E-state index in [1.54, 1.807) is 54.6 Å². The van der Waals surface area contributed by atoms with Gasteiger partial charge in [0, 0.05) is 30.4 Å². The van der Waals surface area contributed by atoms with Crippen molar-refractivity contribution in [1.82, 2.24) is 4.31 Å². The number of hydrogen-bond donors (Lipinski definition) is 1. The molecule has 7 nitrogen and oxygen atoms in total. The average molecular weight is 451 g/mol. The molecule has 0 aromatic heterocycles. The number of anilines is 1. The minimum atomic E-state index is -3.43. The predicted octanol–water partition coefficient (Wildman–Crippen LogP) is 4.12. The quantitative estimate of drug-likeness (QED) is 0.632. The fourth-order valence-corrected chi connectivity index (χ4v) is 5.41. The third-order valence-electron chi connectivity index (χ3n) is 5.67. The van der Waals surface area contributed by atoms with Crippen LogP contribution >= 0.6 is 0 Å². The van der Waals surface area contributed by atoms with Crippen molar-refractivity contribution in [3.8, 4) is 22.6 Å². The molecule has 0 saturated carbocycles. The molecule has 0 spiro atoms. The van der Waals surface area contributed by atoms with E-state index < -0.39 is 10.0 Å². The van der Waals surface area contributed by atoms with Crippen LogP contribution in [-0.2, 0) is 10.0 Å². The highest BCUT2D eigenvalue weighted by atomic mass is 32.2. The summed E-state index contributed by atoms with van der Waals surface area (Å²) < 4.78 is 37.5. The number of amides is 1. The van der Waals surface area contributed by atoms with Crippen molar-refractivity contribution in [2.75, 3.05) is 25.2 Å². The molecule has 0 aliphatic carbocycles. The van der Waals surface area contributed by atoms with Gasteiger partial charge in [-0.05, 0) is 60.4 Å². The summed E-state index contributed by atoms with van der Waals surface area (Å²) in [5, 5.41) is 2.85. The summed E-state index contributed by atoms with van der Waals surface area (Å²) >= 11 is 0. The molecule has 1 amide bonds. The number of nitrogens with zero attached hydrogens (tertiary/aromatic N) is 1. The SMILES string of the molecule is O=C(Nc1ccc2c(c1)OCO2)c1ccc(-c2ccc(S(=O)(=O)N3CCCC3)cc2)cc1. The molecule has 2 aliphatic rings. The van der Waals surface area contributed by atoms with Crippen molar-refractivity contribution in [3.05, 3.63) is 72.3 Å². The number of benzene rings is 3. The third kappa shape index (κ3) is 3.94. The zero-order valence-electron chi connectivity index (χ0n) is 17.3. The molecule has 0 radical (unpaired) electrons. The fourth-order valence-electron chi connectivity index (χ4n) is 3.89. The molecule has 0 atom stereocenters. The lowest BCUT2D eigenvalue weighted by atomic mass is 10.0. The van der Waals surface area contributed by atoms with Crippen LogP contribution in [0.5, 0.6) is 11.5 Å². The Morgan fingerprint density at radius 1 is 0.812 bits per heavy atom. The van der Waals surface area contributed by atoms with Gasteiger partial charge in [-0.3, -0.25) is 4.79 Å². The first-order valence-corrected chi connectivity index (χ1v) is 11.9. The molecule has 3 aromatic rings. The van der Waals surface area contributed by atoms with Gasteiger partial charge in [-0.1, -0.05) is 24.3 Å². The van der Waals surface area contributed by atoms with E-state index >= 15 is 0 Å². The van der Waals surface area contributed by atoms with Crippen LogP contribution in [0, 0.1) is 0 Å². The fraction of sp³-hybridized carbons (Fsp3) is 0.208. The van der Waals surface area contributed by atoms with E-state index in [2.05, 4.69) is 5.32 Å². The van der Waals surface area contributed by atoms with E-state index in [4.69, 9.17) is 9.47 Å². The van der Waals surface area contributed by atoms with Crippen LogP contribution in [0.4, 0.5) is 5.69 Å². The first-order valence-electron chi connectivity index (χ1n) is 10.4. The molecule has 1 saturated heterocycles. The topological polar surface area (TPSA) is 84.9 Å². The molecule has 2 heterocycles. The Labute approximate surface area is 186 Å². The summed E-state index contributed by atoms with van der Waals surface area (Å²) in [6.45, 7) is 1.35. The van der Waals surface area contributed by atoms with Gasteiger partial charge in [-0.15, -0.1) is 0 Å². The van der Waals surface area contributed by atoms with Crippen LogP contribution in [-0.4, -0.2) is 38.5 Å². The molecule has 1 N–H and O–H groups in total. The number of carbonyl (C=O) groups excluding carboxylic acids is 1. The monoisotopic (exact) mass is 450 g/mol. The molecule has 5 rings (SSSR count). The van der Waals surface area contributed by atoms with Crippen LogP contribution in [0.15, 0.2) is 71.6 Å². The number of hydrogen-bond acceptors (Lipinski definition) is 5. The average Bonchev–Trinajstić information content (AvgIpc) is 3.52. The van der Waals surface area contributed by atoms with Gasteiger partial charge in [0.25, 0.3) is 5.91 Å². The lowest BCUT2D eigenvalue weighted by Crippen LogP contribution is -2.27. The number of ether oxygens (including phenoxy) is 2. The molecular formula is C24H22N2O5S. The molecule has 0 unspecified atom stereocenters. The van der Waals surface area contributed by atoms with Gasteiger partial charge < -0.3 is 14.8 Å². The van der Waals surface area contributed by atoms with Crippen molar-refractivity contribution in [3.63, 3.8) is 0 Å². The Balaban J connectivity index is 1.28. The van der Waals surface area contributed by atoms with E-state index in [0.717, 1.165) is 24.0 Å². The maximum absolute atomic E-state index is 12.7. The highest BCUT2D eigenvalue weighted by Gasteiger charge is 2.27. The first kappa shape index (κ1) is 20.5. The van der Waals surface area contributed by atoms with E-state index in [9.17, 15) is 13.2 Å². The van der Waals surface area contributed by atoms with Gasteiger partial charge >= 0.3 is 0 Å². The zero-order valence-corrected chi connectivity index (χ0v) is 18.1. The number of sulfonamides is 1. The summed E-state index contributed by atoms with van der Waals surface area (Å²) in [6, 6.07) is 19.3. The van der Waals surface area contributed by atoms with E-state index in [0.29, 0.717) is 40.7 Å². The molecular weight excluding hydrogens is 428 g/mol. The standard InChI is InChI=1S/C24H22N2O5S/c27-24(25-20-9-12-22-23(15-20)31-16-30-22)19-5-3-17(4-6-19)18-7-10-21(11-8-18)32(28,29)26-13-1-2-14-26/h3-12,15H,1-2,13-14,16H2,(H,25,27). The van der Waals surface area contributed by atoms with Crippen molar-refractivity contribution in [1.29, 1.82) is 0 Å². The highest BCUT2D eigenvalue weighted by molar-refractivity contribution is 7.89. The smallest absolute Gasteiger partial charge is 0.255 e. The second kappa shape index (κ2) is 8.29. The minimum Gasteiger partial charge on any atom is -0.454 e.